The normalized spacial score (nSPS) is 14.9. The number of hydrogen-bond donors (Lipinski definition) is 4. The highest BCUT2D eigenvalue weighted by molar-refractivity contribution is 6.00. The highest BCUT2D eigenvalue weighted by atomic mass is 16.5. The van der Waals surface area contributed by atoms with Crippen LogP contribution >= 0.6 is 0 Å². The van der Waals surface area contributed by atoms with Gasteiger partial charge in [0.15, 0.2) is 0 Å². The number of nitrogens with one attached hydrogen (secondary N) is 3. The lowest BCUT2D eigenvalue weighted by atomic mass is 9.99. The number of carbonyl (C=O) groups is 2. The summed E-state index contributed by atoms with van der Waals surface area (Å²) >= 11 is 0. The van der Waals surface area contributed by atoms with Crippen LogP contribution in [0, 0.1) is 0 Å². The standard InChI is InChI=1S/C33H42N4O4/c1-4-34-26-19-25(20-27(21-26)37-17-11-16-31(37)39)32(40)36-29(18-24-12-7-5-8-13-24)30(38)22-35-33(2,3)23-41-28-14-9-6-10-15-28/h5-10,12-15,19-21,29-30,34-35,38H,4,11,16-18,22-23H2,1-3H3,(H,36,40). The number of para-hydroxylation sites is 1. The molecule has 4 N–H and O–H groups in total. The van der Waals surface area contributed by atoms with Crippen LogP contribution < -0.4 is 25.6 Å². The van der Waals surface area contributed by atoms with E-state index in [0.29, 0.717) is 43.8 Å². The van der Waals surface area contributed by atoms with Gasteiger partial charge in [0, 0.05) is 48.5 Å². The quantitative estimate of drug-likeness (QED) is 0.234. The number of ether oxygens (including phenoxy) is 1. The Kier molecular flexibility index (Phi) is 10.4. The van der Waals surface area contributed by atoms with Crippen LogP contribution in [0.4, 0.5) is 11.4 Å². The maximum absolute atomic E-state index is 13.6. The minimum Gasteiger partial charge on any atom is -0.492 e. The van der Waals surface area contributed by atoms with Crippen LogP contribution in [-0.4, -0.2) is 60.8 Å². The molecule has 218 valence electrons. The summed E-state index contributed by atoms with van der Waals surface area (Å²) in [6, 6.07) is 24.3. The lowest BCUT2D eigenvalue weighted by Crippen LogP contribution is -2.53. The van der Waals surface area contributed by atoms with Gasteiger partial charge in [-0.15, -0.1) is 0 Å². The van der Waals surface area contributed by atoms with Crippen molar-refractivity contribution in [1.29, 1.82) is 0 Å². The van der Waals surface area contributed by atoms with Crippen LogP contribution in [0.25, 0.3) is 0 Å². The Labute approximate surface area is 243 Å². The molecule has 0 spiro atoms. The molecule has 4 rings (SSSR count). The fourth-order valence-electron chi connectivity index (χ4n) is 4.88. The molecule has 0 aliphatic carbocycles. The SMILES string of the molecule is CCNc1cc(C(=O)NC(Cc2ccccc2)C(O)CNC(C)(C)COc2ccccc2)cc(N2CCCC2=O)c1. The lowest BCUT2D eigenvalue weighted by Gasteiger charge is -2.31. The Morgan fingerprint density at radius 2 is 1.76 bits per heavy atom. The van der Waals surface area contributed by atoms with Crippen molar-refractivity contribution in [2.45, 2.75) is 57.7 Å². The fourth-order valence-corrected chi connectivity index (χ4v) is 4.88. The Morgan fingerprint density at radius 3 is 2.41 bits per heavy atom. The molecule has 0 aromatic heterocycles. The van der Waals surface area contributed by atoms with E-state index in [9.17, 15) is 14.7 Å². The van der Waals surface area contributed by atoms with Gasteiger partial charge in [-0.3, -0.25) is 9.59 Å². The summed E-state index contributed by atoms with van der Waals surface area (Å²) in [4.78, 5) is 27.8. The van der Waals surface area contributed by atoms with Crippen LogP contribution in [0.15, 0.2) is 78.9 Å². The van der Waals surface area contributed by atoms with E-state index in [-0.39, 0.29) is 18.4 Å². The molecule has 1 aliphatic rings. The second-order valence-electron chi connectivity index (χ2n) is 11.2. The third-order valence-corrected chi connectivity index (χ3v) is 7.16. The Morgan fingerprint density at radius 1 is 1.05 bits per heavy atom. The number of β-amino-alcohol motifs (C(OH)–C–C–N with tert-alkyl or cyclic N) is 1. The topological polar surface area (TPSA) is 103 Å². The molecule has 41 heavy (non-hydrogen) atoms. The average Bonchev–Trinajstić information content (AvgIpc) is 3.41. The average molecular weight is 559 g/mol. The van der Waals surface area contributed by atoms with Crippen molar-refractivity contribution in [3.8, 4) is 5.75 Å². The van der Waals surface area contributed by atoms with E-state index in [1.165, 1.54) is 0 Å². The van der Waals surface area contributed by atoms with E-state index < -0.39 is 17.7 Å². The van der Waals surface area contributed by atoms with E-state index in [1.807, 2.05) is 87.5 Å². The molecule has 0 saturated carbocycles. The van der Waals surface area contributed by atoms with Crippen LogP contribution in [0.2, 0.25) is 0 Å². The van der Waals surface area contributed by atoms with Gasteiger partial charge in [-0.05, 0) is 69.5 Å². The minimum absolute atomic E-state index is 0.0623. The Balaban J connectivity index is 1.48. The van der Waals surface area contributed by atoms with E-state index in [1.54, 1.807) is 17.0 Å². The number of amides is 2. The number of aliphatic hydroxyl groups excluding tert-OH is 1. The molecule has 2 amide bonds. The number of anilines is 2. The van der Waals surface area contributed by atoms with Gasteiger partial charge in [0.25, 0.3) is 5.91 Å². The summed E-state index contributed by atoms with van der Waals surface area (Å²) in [6.45, 7) is 8.01. The second-order valence-corrected chi connectivity index (χ2v) is 11.2. The minimum atomic E-state index is -0.869. The van der Waals surface area contributed by atoms with Gasteiger partial charge < -0.3 is 30.7 Å². The molecule has 1 heterocycles. The zero-order valence-electron chi connectivity index (χ0n) is 24.2. The molecule has 8 heteroatoms. The molecule has 2 unspecified atom stereocenters. The Bertz CT molecular complexity index is 1280. The van der Waals surface area contributed by atoms with Crippen LogP contribution in [0.1, 0.15) is 49.5 Å². The Hall–Kier alpha value is -3.88. The van der Waals surface area contributed by atoms with Crippen LogP contribution in [-0.2, 0) is 11.2 Å². The van der Waals surface area contributed by atoms with Crippen molar-refractivity contribution >= 4 is 23.2 Å². The molecule has 1 saturated heterocycles. The first-order valence-corrected chi connectivity index (χ1v) is 14.4. The summed E-state index contributed by atoms with van der Waals surface area (Å²) in [5.74, 6) is 0.545. The molecule has 2 atom stereocenters. The van der Waals surface area contributed by atoms with Crippen molar-refractivity contribution in [3.05, 3.63) is 90.0 Å². The van der Waals surface area contributed by atoms with Gasteiger partial charge >= 0.3 is 0 Å². The van der Waals surface area contributed by atoms with E-state index in [4.69, 9.17) is 4.74 Å². The molecule has 8 nitrogen and oxygen atoms in total. The maximum Gasteiger partial charge on any atom is 0.251 e. The molecule has 3 aromatic carbocycles. The van der Waals surface area contributed by atoms with Gasteiger partial charge in [0.2, 0.25) is 5.91 Å². The summed E-state index contributed by atoms with van der Waals surface area (Å²) in [5.41, 5.74) is 2.51. The van der Waals surface area contributed by atoms with E-state index >= 15 is 0 Å². The summed E-state index contributed by atoms with van der Waals surface area (Å²) in [7, 11) is 0. The highest BCUT2D eigenvalue weighted by Crippen LogP contribution is 2.27. The second kappa shape index (κ2) is 14.1. The van der Waals surface area contributed by atoms with E-state index in [2.05, 4.69) is 16.0 Å². The molecular formula is C33H42N4O4. The van der Waals surface area contributed by atoms with Crippen molar-refractivity contribution in [3.63, 3.8) is 0 Å². The monoisotopic (exact) mass is 558 g/mol. The number of benzene rings is 3. The summed E-state index contributed by atoms with van der Waals surface area (Å²) in [6.07, 6.45) is 0.905. The highest BCUT2D eigenvalue weighted by Gasteiger charge is 2.27. The summed E-state index contributed by atoms with van der Waals surface area (Å²) < 4.78 is 5.93. The fraction of sp³-hybridized carbons (Fsp3) is 0.394. The predicted octanol–water partition coefficient (Wildman–Crippen LogP) is 4.39. The number of nitrogens with zero attached hydrogens (tertiary/aromatic N) is 1. The van der Waals surface area contributed by atoms with Crippen molar-refractivity contribution in [2.75, 3.05) is 36.5 Å². The van der Waals surface area contributed by atoms with Gasteiger partial charge in [0.1, 0.15) is 12.4 Å². The molecule has 0 radical (unpaired) electrons. The number of aliphatic hydroxyl groups is 1. The zero-order valence-corrected chi connectivity index (χ0v) is 24.2. The van der Waals surface area contributed by atoms with Crippen molar-refractivity contribution in [2.24, 2.45) is 0 Å². The first-order chi connectivity index (χ1) is 19.7. The van der Waals surface area contributed by atoms with Gasteiger partial charge in [-0.25, -0.2) is 0 Å². The number of rotatable bonds is 14. The van der Waals surface area contributed by atoms with Gasteiger partial charge in [-0.1, -0.05) is 48.5 Å². The third kappa shape index (κ3) is 8.80. The van der Waals surface area contributed by atoms with E-state index in [0.717, 1.165) is 23.4 Å². The van der Waals surface area contributed by atoms with Crippen molar-refractivity contribution < 1.29 is 19.4 Å². The van der Waals surface area contributed by atoms with Crippen LogP contribution in [0.5, 0.6) is 5.75 Å². The lowest BCUT2D eigenvalue weighted by molar-refractivity contribution is -0.117. The zero-order chi connectivity index (χ0) is 29.2. The molecule has 3 aromatic rings. The third-order valence-electron chi connectivity index (χ3n) is 7.16. The van der Waals surface area contributed by atoms with Crippen molar-refractivity contribution in [1.82, 2.24) is 10.6 Å². The van der Waals surface area contributed by atoms with Gasteiger partial charge in [-0.2, -0.15) is 0 Å². The summed E-state index contributed by atoms with van der Waals surface area (Å²) in [5, 5.41) is 21.1. The molecule has 1 fully saturated rings. The smallest absolute Gasteiger partial charge is 0.251 e. The molecule has 0 bridgehead atoms. The maximum atomic E-state index is 13.6. The first kappa shape index (κ1) is 30.1. The number of hydrogen-bond acceptors (Lipinski definition) is 6. The van der Waals surface area contributed by atoms with Crippen LogP contribution in [0.3, 0.4) is 0 Å². The van der Waals surface area contributed by atoms with Gasteiger partial charge in [0.05, 0.1) is 12.1 Å². The molecule has 1 aliphatic heterocycles. The predicted molar refractivity (Wildman–Crippen MR) is 164 cm³/mol. The first-order valence-electron chi connectivity index (χ1n) is 14.4. The number of carbonyl (C=O) groups excluding carboxylic acids is 2. The molecular weight excluding hydrogens is 516 g/mol. The largest absolute Gasteiger partial charge is 0.492 e.